The van der Waals surface area contributed by atoms with E-state index in [9.17, 15) is 0 Å². The van der Waals surface area contributed by atoms with Crippen molar-refractivity contribution in [1.82, 2.24) is 9.97 Å². The van der Waals surface area contributed by atoms with E-state index in [2.05, 4.69) is 9.97 Å². The SMILES string of the molecule is Cc1ccnc(Cc2ccncc2)c1N. The fraction of sp³-hybridized carbons (Fsp3) is 0.167. The molecule has 0 radical (unpaired) electrons. The average molecular weight is 199 g/mol. The second-order valence-corrected chi connectivity index (χ2v) is 3.52. The number of hydrogen-bond acceptors (Lipinski definition) is 3. The maximum Gasteiger partial charge on any atom is 0.0679 e. The highest BCUT2D eigenvalue weighted by Gasteiger charge is 2.03. The first-order chi connectivity index (χ1) is 7.27. The molecule has 0 bridgehead atoms. The van der Waals surface area contributed by atoms with E-state index in [1.165, 1.54) is 5.56 Å². The number of aryl methyl sites for hydroxylation is 1. The lowest BCUT2D eigenvalue weighted by Gasteiger charge is -2.06. The molecule has 2 N–H and O–H groups in total. The van der Waals surface area contributed by atoms with E-state index in [1.54, 1.807) is 18.6 Å². The molecule has 3 nitrogen and oxygen atoms in total. The Morgan fingerprint density at radius 2 is 1.87 bits per heavy atom. The number of aromatic nitrogens is 2. The van der Waals surface area contributed by atoms with E-state index < -0.39 is 0 Å². The maximum atomic E-state index is 5.95. The number of nitrogen functional groups attached to an aromatic ring is 1. The van der Waals surface area contributed by atoms with Gasteiger partial charge in [0.15, 0.2) is 0 Å². The summed E-state index contributed by atoms with van der Waals surface area (Å²) in [7, 11) is 0. The van der Waals surface area contributed by atoms with Crippen molar-refractivity contribution in [3.05, 3.63) is 53.6 Å². The van der Waals surface area contributed by atoms with E-state index in [0.29, 0.717) is 0 Å². The van der Waals surface area contributed by atoms with Crippen LogP contribution in [0.4, 0.5) is 5.69 Å². The molecule has 0 unspecified atom stereocenters. The summed E-state index contributed by atoms with van der Waals surface area (Å²) in [4.78, 5) is 8.26. The second-order valence-electron chi connectivity index (χ2n) is 3.52. The van der Waals surface area contributed by atoms with Crippen LogP contribution in [-0.4, -0.2) is 9.97 Å². The Hall–Kier alpha value is -1.90. The van der Waals surface area contributed by atoms with Crippen LogP contribution in [0.25, 0.3) is 0 Å². The lowest BCUT2D eigenvalue weighted by atomic mass is 10.1. The molecule has 0 amide bonds. The van der Waals surface area contributed by atoms with Crippen molar-refractivity contribution >= 4 is 5.69 Å². The number of pyridine rings is 2. The van der Waals surface area contributed by atoms with Gasteiger partial charge in [0.1, 0.15) is 0 Å². The molecule has 0 saturated heterocycles. The quantitative estimate of drug-likeness (QED) is 0.804. The Labute approximate surface area is 89.0 Å². The topological polar surface area (TPSA) is 51.8 Å². The number of nitrogens with two attached hydrogens (primary N) is 1. The predicted molar refractivity (Wildman–Crippen MR) is 60.4 cm³/mol. The molecule has 2 heterocycles. The van der Waals surface area contributed by atoms with E-state index in [4.69, 9.17) is 5.73 Å². The Kier molecular flexibility index (Phi) is 2.63. The maximum absolute atomic E-state index is 5.95. The summed E-state index contributed by atoms with van der Waals surface area (Å²) in [5.74, 6) is 0. The van der Waals surface area contributed by atoms with Gasteiger partial charge in [-0.05, 0) is 36.2 Å². The Bertz CT molecular complexity index is 452. The van der Waals surface area contributed by atoms with Crippen molar-refractivity contribution in [3.8, 4) is 0 Å². The van der Waals surface area contributed by atoms with Crippen molar-refractivity contribution in [2.24, 2.45) is 0 Å². The zero-order valence-corrected chi connectivity index (χ0v) is 8.64. The standard InChI is InChI=1S/C12H13N3/c1-9-2-7-15-11(12(9)13)8-10-3-5-14-6-4-10/h2-7H,8,13H2,1H3. The summed E-state index contributed by atoms with van der Waals surface area (Å²) in [6.07, 6.45) is 6.11. The minimum absolute atomic E-state index is 0.760. The fourth-order valence-electron chi connectivity index (χ4n) is 1.46. The average Bonchev–Trinajstić information content (AvgIpc) is 2.26. The van der Waals surface area contributed by atoms with Gasteiger partial charge >= 0.3 is 0 Å². The molecule has 0 aliphatic rings. The molecule has 2 aromatic rings. The minimum atomic E-state index is 0.760. The molecule has 2 aromatic heterocycles. The Morgan fingerprint density at radius 1 is 1.13 bits per heavy atom. The molecule has 0 aliphatic heterocycles. The van der Waals surface area contributed by atoms with Crippen LogP contribution in [-0.2, 0) is 6.42 Å². The van der Waals surface area contributed by atoms with Crippen LogP contribution in [0, 0.1) is 6.92 Å². The van der Waals surface area contributed by atoms with E-state index >= 15 is 0 Å². The molecule has 3 heteroatoms. The third kappa shape index (κ3) is 2.13. The molecule has 0 atom stereocenters. The van der Waals surface area contributed by atoms with Gasteiger partial charge in [0.05, 0.1) is 11.4 Å². The highest BCUT2D eigenvalue weighted by Crippen LogP contribution is 2.16. The normalized spacial score (nSPS) is 10.2. The summed E-state index contributed by atoms with van der Waals surface area (Å²) in [5, 5.41) is 0. The van der Waals surface area contributed by atoms with Crippen LogP contribution >= 0.6 is 0 Å². The zero-order valence-electron chi connectivity index (χ0n) is 8.64. The number of anilines is 1. The summed E-state index contributed by atoms with van der Waals surface area (Å²) < 4.78 is 0. The first-order valence-electron chi connectivity index (χ1n) is 4.86. The van der Waals surface area contributed by atoms with Crippen LogP contribution in [0.15, 0.2) is 36.8 Å². The molecule has 2 rings (SSSR count). The van der Waals surface area contributed by atoms with Crippen LogP contribution in [0.2, 0.25) is 0 Å². The van der Waals surface area contributed by atoms with E-state index in [1.807, 2.05) is 25.1 Å². The fourth-order valence-corrected chi connectivity index (χ4v) is 1.46. The van der Waals surface area contributed by atoms with Crippen LogP contribution in [0.5, 0.6) is 0 Å². The van der Waals surface area contributed by atoms with Crippen molar-refractivity contribution in [2.45, 2.75) is 13.3 Å². The molecule has 0 aromatic carbocycles. The van der Waals surface area contributed by atoms with Crippen molar-refractivity contribution in [1.29, 1.82) is 0 Å². The van der Waals surface area contributed by atoms with Crippen LogP contribution in [0.1, 0.15) is 16.8 Å². The predicted octanol–water partition coefficient (Wildman–Crippen LogP) is 1.96. The number of hydrogen-bond donors (Lipinski definition) is 1. The molecule has 0 fully saturated rings. The number of nitrogens with zero attached hydrogens (tertiary/aromatic N) is 2. The lowest BCUT2D eigenvalue weighted by molar-refractivity contribution is 1.06. The highest BCUT2D eigenvalue weighted by molar-refractivity contribution is 5.50. The monoisotopic (exact) mass is 199 g/mol. The van der Waals surface area contributed by atoms with Gasteiger partial charge in [-0.2, -0.15) is 0 Å². The molecule has 76 valence electrons. The second kappa shape index (κ2) is 4.09. The van der Waals surface area contributed by atoms with Gasteiger partial charge in [0.25, 0.3) is 0 Å². The van der Waals surface area contributed by atoms with Crippen molar-refractivity contribution < 1.29 is 0 Å². The van der Waals surface area contributed by atoms with Gasteiger partial charge < -0.3 is 5.73 Å². The van der Waals surface area contributed by atoms with Gasteiger partial charge in [-0.3, -0.25) is 9.97 Å². The largest absolute Gasteiger partial charge is 0.397 e. The first kappa shape index (κ1) is 9.65. The van der Waals surface area contributed by atoms with E-state index in [-0.39, 0.29) is 0 Å². The molecule has 0 spiro atoms. The smallest absolute Gasteiger partial charge is 0.0679 e. The van der Waals surface area contributed by atoms with E-state index in [0.717, 1.165) is 23.4 Å². The molecular formula is C12H13N3. The van der Waals surface area contributed by atoms with Gasteiger partial charge in [0, 0.05) is 25.0 Å². The summed E-state index contributed by atoms with van der Waals surface area (Å²) in [6, 6.07) is 5.87. The lowest BCUT2D eigenvalue weighted by Crippen LogP contribution is -2.01. The third-order valence-electron chi connectivity index (χ3n) is 2.41. The summed E-state index contributed by atoms with van der Waals surface area (Å²) in [5.41, 5.74) is 9.92. The third-order valence-corrected chi connectivity index (χ3v) is 2.41. The van der Waals surface area contributed by atoms with Crippen molar-refractivity contribution in [2.75, 3.05) is 5.73 Å². The summed E-state index contributed by atoms with van der Waals surface area (Å²) in [6.45, 7) is 1.99. The molecule has 15 heavy (non-hydrogen) atoms. The Balaban J connectivity index is 2.29. The van der Waals surface area contributed by atoms with Crippen molar-refractivity contribution in [3.63, 3.8) is 0 Å². The zero-order chi connectivity index (χ0) is 10.7. The van der Waals surface area contributed by atoms with Gasteiger partial charge in [-0.25, -0.2) is 0 Å². The number of rotatable bonds is 2. The molecular weight excluding hydrogens is 186 g/mol. The first-order valence-corrected chi connectivity index (χ1v) is 4.86. The van der Waals surface area contributed by atoms with Gasteiger partial charge in [0.2, 0.25) is 0 Å². The highest BCUT2D eigenvalue weighted by atomic mass is 14.7. The van der Waals surface area contributed by atoms with Crippen LogP contribution in [0.3, 0.4) is 0 Å². The summed E-state index contributed by atoms with van der Waals surface area (Å²) >= 11 is 0. The Morgan fingerprint density at radius 3 is 2.60 bits per heavy atom. The molecule has 0 aliphatic carbocycles. The van der Waals surface area contributed by atoms with Crippen LogP contribution < -0.4 is 5.73 Å². The van der Waals surface area contributed by atoms with Gasteiger partial charge in [-0.15, -0.1) is 0 Å². The molecule has 0 saturated carbocycles. The van der Waals surface area contributed by atoms with Gasteiger partial charge in [-0.1, -0.05) is 0 Å². The minimum Gasteiger partial charge on any atom is -0.397 e.